The first kappa shape index (κ1) is 19.3. The van der Waals surface area contributed by atoms with Crippen LogP contribution >= 0.6 is 46.9 Å². The van der Waals surface area contributed by atoms with E-state index in [1.807, 2.05) is 12.1 Å². The quantitative estimate of drug-likeness (QED) is 0.399. The second kappa shape index (κ2) is 8.36. The van der Waals surface area contributed by atoms with Crippen LogP contribution in [-0.4, -0.2) is 42.1 Å². The van der Waals surface area contributed by atoms with E-state index in [9.17, 15) is 5.11 Å². The van der Waals surface area contributed by atoms with E-state index in [0.29, 0.717) is 16.3 Å². The molecule has 2 fully saturated rings. The summed E-state index contributed by atoms with van der Waals surface area (Å²) in [6.07, 6.45) is 4.80. The Hall–Kier alpha value is -0.0500. The summed E-state index contributed by atoms with van der Waals surface area (Å²) in [5.41, 5.74) is 0.552. The van der Waals surface area contributed by atoms with E-state index in [2.05, 4.69) is 22.1 Å². The van der Waals surface area contributed by atoms with Crippen molar-refractivity contribution in [2.75, 3.05) is 26.2 Å². The van der Waals surface area contributed by atoms with Crippen LogP contribution in [0.5, 0.6) is 0 Å². The molecular formula is C16H25ClIN3OS. The number of halogens is 2. The lowest BCUT2D eigenvalue weighted by Gasteiger charge is -2.38. The maximum absolute atomic E-state index is 10.3. The van der Waals surface area contributed by atoms with Gasteiger partial charge in [-0.3, -0.25) is 4.99 Å². The average Bonchev–Trinajstić information content (AvgIpc) is 3.09. The van der Waals surface area contributed by atoms with Crippen molar-refractivity contribution < 1.29 is 5.11 Å². The molecule has 4 nitrogen and oxygen atoms in total. The monoisotopic (exact) mass is 469 g/mol. The summed E-state index contributed by atoms with van der Waals surface area (Å²) in [5, 5.41) is 13.6. The molecule has 1 unspecified atom stereocenters. The van der Waals surface area contributed by atoms with Crippen LogP contribution in [0.3, 0.4) is 0 Å². The molecule has 0 aromatic carbocycles. The van der Waals surface area contributed by atoms with Gasteiger partial charge in [0.05, 0.1) is 10.9 Å². The lowest BCUT2D eigenvalue weighted by molar-refractivity contribution is 0.151. The average molecular weight is 470 g/mol. The van der Waals surface area contributed by atoms with Crippen LogP contribution < -0.4 is 5.32 Å². The number of guanidine groups is 1. The third kappa shape index (κ3) is 4.52. The molecule has 1 aromatic heterocycles. The first-order valence-electron chi connectivity index (χ1n) is 8.08. The van der Waals surface area contributed by atoms with Crippen LogP contribution in [0, 0.1) is 5.41 Å². The molecule has 1 spiro atoms. The van der Waals surface area contributed by atoms with Crippen molar-refractivity contribution in [3.63, 3.8) is 0 Å². The topological polar surface area (TPSA) is 47.9 Å². The van der Waals surface area contributed by atoms with Crippen molar-refractivity contribution in [2.45, 2.75) is 38.7 Å². The Balaban J connectivity index is 0.00000192. The van der Waals surface area contributed by atoms with Gasteiger partial charge < -0.3 is 15.3 Å². The van der Waals surface area contributed by atoms with Gasteiger partial charge in [-0.2, -0.15) is 0 Å². The molecule has 0 radical (unpaired) electrons. The number of nitrogens with zero attached hydrogens (tertiary/aromatic N) is 2. The highest BCUT2D eigenvalue weighted by Crippen LogP contribution is 2.47. The van der Waals surface area contributed by atoms with Gasteiger partial charge in [0.2, 0.25) is 0 Å². The molecule has 1 aliphatic heterocycles. The molecule has 7 heteroatoms. The Bertz CT molecular complexity index is 547. The number of thiophene rings is 1. The van der Waals surface area contributed by atoms with E-state index < -0.39 is 6.10 Å². The molecule has 130 valence electrons. The Labute approximate surface area is 164 Å². The Kier molecular flexibility index (Phi) is 7.01. The summed E-state index contributed by atoms with van der Waals surface area (Å²) in [4.78, 5) is 7.88. The third-order valence-corrected chi connectivity index (χ3v) is 6.16. The maximum atomic E-state index is 10.3. The molecule has 2 aliphatic rings. The van der Waals surface area contributed by atoms with Gasteiger partial charge in [0.1, 0.15) is 6.10 Å². The largest absolute Gasteiger partial charge is 0.386 e. The number of hydrogen-bond acceptors (Lipinski definition) is 3. The van der Waals surface area contributed by atoms with Crippen LogP contribution in [-0.2, 0) is 0 Å². The van der Waals surface area contributed by atoms with E-state index in [0.717, 1.165) is 30.5 Å². The fourth-order valence-corrected chi connectivity index (χ4v) is 4.44. The number of aliphatic hydroxyl groups is 1. The van der Waals surface area contributed by atoms with Crippen LogP contribution in [0.4, 0.5) is 0 Å². The number of nitrogens with one attached hydrogen (secondary N) is 1. The summed E-state index contributed by atoms with van der Waals surface area (Å²) in [6.45, 7) is 5.50. The van der Waals surface area contributed by atoms with E-state index in [4.69, 9.17) is 11.6 Å². The zero-order chi connectivity index (χ0) is 15.6. The standard InChI is InChI=1S/C16H24ClN3OS.HI/c1-2-18-15(20-9-8-16(11-20)6-3-7-16)19-10-12(21)13-4-5-14(17)22-13;/h4-5,12,21H,2-3,6-11H2,1H3,(H,18,19);1H. The van der Waals surface area contributed by atoms with Crippen molar-refractivity contribution in [2.24, 2.45) is 10.4 Å². The van der Waals surface area contributed by atoms with Gasteiger partial charge in [0.15, 0.2) is 5.96 Å². The maximum Gasteiger partial charge on any atom is 0.194 e. The fourth-order valence-electron chi connectivity index (χ4n) is 3.40. The minimum absolute atomic E-state index is 0. The Morgan fingerprint density at radius 1 is 1.48 bits per heavy atom. The first-order valence-corrected chi connectivity index (χ1v) is 9.28. The van der Waals surface area contributed by atoms with Gasteiger partial charge in [-0.25, -0.2) is 0 Å². The minimum Gasteiger partial charge on any atom is -0.386 e. The molecule has 23 heavy (non-hydrogen) atoms. The molecule has 2 heterocycles. The number of rotatable bonds is 4. The highest BCUT2D eigenvalue weighted by atomic mass is 127. The van der Waals surface area contributed by atoms with Gasteiger partial charge >= 0.3 is 0 Å². The van der Waals surface area contributed by atoms with E-state index >= 15 is 0 Å². The van der Waals surface area contributed by atoms with Crippen LogP contribution in [0.1, 0.15) is 43.6 Å². The normalized spacial score (nSPS) is 21.0. The van der Waals surface area contributed by atoms with Gasteiger partial charge in [-0.15, -0.1) is 35.3 Å². The Morgan fingerprint density at radius 2 is 2.26 bits per heavy atom. The zero-order valence-corrected chi connectivity index (χ0v) is 17.3. The highest BCUT2D eigenvalue weighted by molar-refractivity contribution is 14.0. The highest BCUT2D eigenvalue weighted by Gasteiger charge is 2.43. The molecule has 1 saturated carbocycles. The number of hydrogen-bond donors (Lipinski definition) is 2. The molecule has 3 rings (SSSR count). The lowest BCUT2D eigenvalue weighted by Crippen LogP contribution is -2.42. The summed E-state index contributed by atoms with van der Waals surface area (Å²) in [5.74, 6) is 0.938. The molecule has 1 aromatic rings. The summed E-state index contributed by atoms with van der Waals surface area (Å²) >= 11 is 7.34. The lowest BCUT2D eigenvalue weighted by atomic mass is 9.68. The Morgan fingerprint density at radius 3 is 2.78 bits per heavy atom. The predicted octanol–water partition coefficient (Wildman–Crippen LogP) is 3.89. The predicted molar refractivity (Wildman–Crippen MR) is 108 cm³/mol. The number of aliphatic imine (C=N–C) groups is 1. The van der Waals surface area contributed by atoms with E-state index in [-0.39, 0.29) is 24.0 Å². The van der Waals surface area contributed by atoms with Crippen molar-refractivity contribution >= 4 is 52.9 Å². The van der Waals surface area contributed by atoms with Gasteiger partial charge in [-0.1, -0.05) is 18.0 Å². The van der Waals surface area contributed by atoms with E-state index in [1.54, 1.807) is 0 Å². The minimum atomic E-state index is -0.577. The molecule has 0 bridgehead atoms. The van der Waals surface area contributed by atoms with Gasteiger partial charge in [0.25, 0.3) is 0 Å². The molecule has 1 aliphatic carbocycles. The van der Waals surface area contributed by atoms with E-state index in [1.165, 1.54) is 37.0 Å². The second-order valence-electron chi connectivity index (χ2n) is 6.38. The van der Waals surface area contributed by atoms with Crippen molar-refractivity contribution in [3.05, 3.63) is 21.3 Å². The summed E-state index contributed by atoms with van der Waals surface area (Å²) < 4.78 is 0.705. The molecule has 1 saturated heterocycles. The van der Waals surface area contributed by atoms with Crippen LogP contribution in [0.2, 0.25) is 4.34 Å². The molecule has 0 amide bonds. The number of aliphatic hydroxyl groups excluding tert-OH is 1. The van der Waals surface area contributed by atoms with Crippen LogP contribution in [0.25, 0.3) is 0 Å². The van der Waals surface area contributed by atoms with Gasteiger partial charge in [0, 0.05) is 24.5 Å². The molecule has 2 N–H and O–H groups in total. The summed E-state index contributed by atoms with van der Waals surface area (Å²) in [7, 11) is 0. The molecular weight excluding hydrogens is 445 g/mol. The summed E-state index contributed by atoms with van der Waals surface area (Å²) in [6, 6.07) is 3.69. The smallest absolute Gasteiger partial charge is 0.194 e. The molecule has 1 atom stereocenters. The zero-order valence-electron chi connectivity index (χ0n) is 13.4. The van der Waals surface area contributed by atoms with Crippen molar-refractivity contribution in [3.8, 4) is 0 Å². The van der Waals surface area contributed by atoms with Crippen molar-refractivity contribution in [1.29, 1.82) is 0 Å². The fraction of sp³-hybridized carbons (Fsp3) is 0.688. The second-order valence-corrected chi connectivity index (χ2v) is 8.12. The van der Waals surface area contributed by atoms with Crippen molar-refractivity contribution in [1.82, 2.24) is 10.2 Å². The van der Waals surface area contributed by atoms with Crippen LogP contribution in [0.15, 0.2) is 17.1 Å². The third-order valence-electron chi connectivity index (χ3n) is 4.82. The van der Waals surface area contributed by atoms with Gasteiger partial charge in [-0.05, 0) is 43.7 Å². The first-order chi connectivity index (χ1) is 10.6. The number of likely N-dealkylation sites (tertiary alicyclic amines) is 1. The SMILES string of the molecule is CCNC(=NCC(O)c1ccc(Cl)s1)N1CCC2(CCC2)C1.I.